The van der Waals surface area contributed by atoms with E-state index in [1.807, 2.05) is 12.3 Å². The number of hydrogen-bond donors (Lipinski definition) is 0. The van der Waals surface area contributed by atoms with Crippen LogP contribution in [0.4, 0.5) is 0 Å². The van der Waals surface area contributed by atoms with Crippen molar-refractivity contribution in [1.82, 2.24) is 4.31 Å². The van der Waals surface area contributed by atoms with Gasteiger partial charge in [0.1, 0.15) is 4.21 Å². The van der Waals surface area contributed by atoms with Crippen molar-refractivity contribution in [2.75, 3.05) is 6.54 Å². The molecule has 1 saturated heterocycles. The highest BCUT2D eigenvalue weighted by Crippen LogP contribution is 2.51. The van der Waals surface area contributed by atoms with Gasteiger partial charge in [0.2, 0.25) is 0 Å². The molecule has 1 unspecified atom stereocenters. The topological polar surface area (TPSA) is 37.4 Å². The smallest absolute Gasteiger partial charge is 0.206 e. The average Bonchev–Trinajstić information content (AvgIpc) is 2.82. The predicted octanol–water partition coefficient (Wildman–Crippen LogP) is 2.70. The Labute approximate surface area is 107 Å². The molecule has 2 fully saturated rings. The third-order valence-corrected chi connectivity index (χ3v) is 7.52. The zero-order valence-electron chi connectivity index (χ0n) is 9.93. The zero-order chi connectivity index (χ0) is 12.1. The van der Waals surface area contributed by atoms with Crippen molar-refractivity contribution in [2.45, 2.75) is 42.9 Å². The van der Waals surface area contributed by atoms with Crippen LogP contribution in [0.15, 0.2) is 21.7 Å². The molecule has 0 bridgehead atoms. The molecule has 2 heterocycles. The number of sulfonamides is 1. The van der Waals surface area contributed by atoms with Crippen LogP contribution in [0, 0.1) is 5.41 Å². The van der Waals surface area contributed by atoms with E-state index in [1.165, 1.54) is 30.6 Å². The lowest BCUT2D eigenvalue weighted by molar-refractivity contribution is 0.152. The maximum Gasteiger partial charge on any atom is 0.252 e. The highest BCUT2D eigenvalue weighted by molar-refractivity contribution is 7.91. The lowest BCUT2D eigenvalue weighted by Gasteiger charge is -2.37. The van der Waals surface area contributed by atoms with E-state index in [-0.39, 0.29) is 6.04 Å². The summed E-state index contributed by atoms with van der Waals surface area (Å²) >= 11 is 1.31. The average molecular weight is 271 g/mol. The maximum atomic E-state index is 12.5. The monoisotopic (exact) mass is 271 g/mol. The second kappa shape index (κ2) is 3.80. The first kappa shape index (κ1) is 11.7. The van der Waals surface area contributed by atoms with Crippen molar-refractivity contribution in [2.24, 2.45) is 5.41 Å². The fourth-order valence-electron chi connectivity index (χ4n) is 3.17. The Morgan fingerprint density at radius 3 is 2.71 bits per heavy atom. The van der Waals surface area contributed by atoms with E-state index < -0.39 is 10.0 Å². The molecule has 0 radical (unpaired) electrons. The second-order valence-electron chi connectivity index (χ2n) is 5.39. The van der Waals surface area contributed by atoms with Crippen molar-refractivity contribution in [1.29, 1.82) is 0 Å². The van der Waals surface area contributed by atoms with Gasteiger partial charge < -0.3 is 0 Å². The minimum Gasteiger partial charge on any atom is -0.206 e. The lowest BCUT2D eigenvalue weighted by Crippen LogP contribution is -2.37. The first-order valence-electron chi connectivity index (χ1n) is 6.09. The molecule has 1 aromatic heterocycles. The summed E-state index contributed by atoms with van der Waals surface area (Å²) in [6.45, 7) is 2.77. The molecule has 2 aliphatic rings. The molecule has 94 valence electrons. The van der Waals surface area contributed by atoms with Gasteiger partial charge in [-0.05, 0) is 43.0 Å². The van der Waals surface area contributed by atoms with Gasteiger partial charge in [-0.15, -0.1) is 11.3 Å². The standard InChI is InChI=1S/C12H17NO2S2/c1-10-8-12(5-3-6-12)9-13(10)17(14,15)11-4-2-7-16-11/h2,4,7,10H,3,5-6,8-9H2,1H3. The van der Waals surface area contributed by atoms with Gasteiger partial charge in [0.15, 0.2) is 0 Å². The SMILES string of the molecule is CC1CC2(CCC2)CN1S(=O)(=O)c1cccs1. The zero-order valence-corrected chi connectivity index (χ0v) is 11.6. The van der Waals surface area contributed by atoms with Crippen LogP contribution in [0.5, 0.6) is 0 Å². The van der Waals surface area contributed by atoms with Crippen molar-refractivity contribution < 1.29 is 8.42 Å². The van der Waals surface area contributed by atoms with Gasteiger partial charge in [-0.25, -0.2) is 8.42 Å². The van der Waals surface area contributed by atoms with Crippen molar-refractivity contribution in [3.63, 3.8) is 0 Å². The molecular formula is C12H17NO2S2. The minimum absolute atomic E-state index is 0.155. The molecule has 0 aromatic carbocycles. The summed E-state index contributed by atoms with van der Waals surface area (Å²) in [6, 6.07) is 3.66. The van der Waals surface area contributed by atoms with Crippen LogP contribution in [-0.4, -0.2) is 25.3 Å². The highest BCUT2D eigenvalue weighted by Gasteiger charge is 2.50. The summed E-state index contributed by atoms with van der Waals surface area (Å²) in [5.74, 6) is 0. The van der Waals surface area contributed by atoms with Gasteiger partial charge in [-0.1, -0.05) is 12.5 Å². The number of nitrogens with zero attached hydrogens (tertiary/aromatic N) is 1. The third kappa shape index (κ3) is 1.75. The summed E-state index contributed by atoms with van der Waals surface area (Å²) in [7, 11) is -3.24. The van der Waals surface area contributed by atoms with E-state index in [0.717, 1.165) is 13.0 Å². The largest absolute Gasteiger partial charge is 0.252 e. The predicted molar refractivity (Wildman–Crippen MR) is 68.6 cm³/mol. The van der Waals surface area contributed by atoms with Crippen LogP contribution >= 0.6 is 11.3 Å². The molecule has 3 rings (SSSR count). The maximum absolute atomic E-state index is 12.5. The Kier molecular flexibility index (Phi) is 2.61. The molecule has 1 aliphatic carbocycles. The number of hydrogen-bond acceptors (Lipinski definition) is 3. The fraction of sp³-hybridized carbons (Fsp3) is 0.667. The van der Waals surface area contributed by atoms with Gasteiger partial charge in [0.25, 0.3) is 10.0 Å². The first-order chi connectivity index (χ1) is 8.04. The number of thiophene rings is 1. The Morgan fingerprint density at radius 1 is 1.47 bits per heavy atom. The van der Waals surface area contributed by atoms with Crippen LogP contribution in [0.25, 0.3) is 0 Å². The van der Waals surface area contributed by atoms with E-state index in [0.29, 0.717) is 9.62 Å². The van der Waals surface area contributed by atoms with E-state index in [1.54, 1.807) is 16.4 Å². The molecule has 1 aliphatic heterocycles. The molecule has 1 atom stereocenters. The molecule has 17 heavy (non-hydrogen) atoms. The van der Waals surface area contributed by atoms with Crippen LogP contribution < -0.4 is 0 Å². The normalized spacial score (nSPS) is 28.4. The summed E-state index contributed by atoms with van der Waals surface area (Å²) in [6.07, 6.45) is 4.71. The Balaban J connectivity index is 1.90. The van der Waals surface area contributed by atoms with Gasteiger partial charge in [-0.2, -0.15) is 4.31 Å². The second-order valence-corrected chi connectivity index (χ2v) is 8.45. The quantitative estimate of drug-likeness (QED) is 0.829. The molecular weight excluding hydrogens is 254 g/mol. The highest BCUT2D eigenvalue weighted by atomic mass is 32.2. The van der Waals surface area contributed by atoms with Gasteiger partial charge >= 0.3 is 0 Å². The van der Waals surface area contributed by atoms with Gasteiger partial charge in [0.05, 0.1) is 0 Å². The molecule has 1 spiro atoms. The molecule has 5 heteroatoms. The fourth-order valence-corrected chi connectivity index (χ4v) is 6.03. The van der Waals surface area contributed by atoms with Crippen LogP contribution in [0.3, 0.4) is 0 Å². The summed E-state index contributed by atoms with van der Waals surface area (Å²) in [5, 5.41) is 1.83. The van der Waals surface area contributed by atoms with Crippen LogP contribution in [0.1, 0.15) is 32.6 Å². The van der Waals surface area contributed by atoms with Crippen molar-refractivity contribution >= 4 is 21.4 Å². The Hall–Kier alpha value is -0.390. The van der Waals surface area contributed by atoms with Crippen molar-refractivity contribution in [3.05, 3.63) is 17.5 Å². The van der Waals surface area contributed by atoms with Gasteiger partial charge in [-0.3, -0.25) is 0 Å². The summed E-state index contributed by atoms with van der Waals surface area (Å²) in [4.78, 5) is 0. The molecule has 1 saturated carbocycles. The first-order valence-corrected chi connectivity index (χ1v) is 8.41. The third-order valence-electron chi connectivity index (χ3n) is 4.18. The summed E-state index contributed by atoms with van der Waals surface area (Å²) < 4.78 is 27.1. The summed E-state index contributed by atoms with van der Waals surface area (Å²) in [5.41, 5.74) is 0.309. The van der Waals surface area contributed by atoms with E-state index in [2.05, 4.69) is 0 Å². The Morgan fingerprint density at radius 2 is 2.24 bits per heavy atom. The molecule has 0 N–H and O–H groups in total. The molecule has 1 aromatic rings. The van der Waals surface area contributed by atoms with Crippen molar-refractivity contribution in [3.8, 4) is 0 Å². The Bertz CT molecular complexity index is 503. The molecule has 3 nitrogen and oxygen atoms in total. The lowest BCUT2D eigenvalue weighted by atomic mass is 9.68. The van der Waals surface area contributed by atoms with E-state index >= 15 is 0 Å². The molecule has 0 amide bonds. The van der Waals surface area contributed by atoms with Gasteiger partial charge in [0, 0.05) is 12.6 Å². The number of rotatable bonds is 2. The van der Waals surface area contributed by atoms with Crippen LogP contribution in [0.2, 0.25) is 0 Å². The minimum atomic E-state index is -3.24. The van der Waals surface area contributed by atoms with E-state index in [4.69, 9.17) is 0 Å². The van der Waals surface area contributed by atoms with E-state index in [9.17, 15) is 8.42 Å². The van der Waals surface area contributed by atoms with Crippen LogP contribution in [-0.2, 0) is 10.0 Å².